The molecule has 7 heteroatoms. The van der Waals surface area contributed by atoms with Gasteiger partial charge in [-0.1, -0.05) is 20.8 Å². The third-order valence-electron chi connectivity index (χ3n) is 10.7. The summed E-state index contributed by atoms with van der Waals surface area (Å²) in [6.45, 7) is 7.59. The summed E-state index contributed by atoms with van der Waals surface area (Å²) >= 11 is 0. The van der Waals surface area contributed by atoms with E-state index in [2.05, 4.69) is 0 Å². The van der Waals surface area contributed by atoms with Gasteiger partial charge in [-0.05, 0) is 93.1 Å². The summed E-state index contributed by atoms with van der Waals surface area (Å²) in [5, 5.41) is 64.7. The topological polar surface area (TPSA) is 138 Å². The molecule has 3 fully saturated rings. The number of aliphatic hydroxyl groups is 6. The number of rotatable bonds is 6. The first-order chi connectivity index (χ1) is 15.7. The van der Waals surface area contributed by atoms with Crippen molar-refractivity contribution in [1.82, 2.24) is 0 Å². The minimum absolute atomic E-state index is 0.0326. The van der Waals surface area contributed by atoms with Crippen LogP contribution in [0.4, 0.5) is 0 Å². The summed E-state index contributed by atoms with van der Waals surface area (Å²) < 4.78 is 0. The molecule has 194 valence electrons. The van der Waals surface area contributed by atoms with E-state index in [0.717, 1.165) is 12.0 Å². The Bertz CT molecular complexity index is 839. The van der Waals surface area contributed by atoms with Crippen molar-refractivity contribution in [3.63, 3.8) is 0 Å². The van der Waals surface area contributed by atoms with E-state index in [4.69, 9.17) is 0 Å². The highest BCUT2D eigenvalue weighted by Crippen LogP contribution is 2.68. The SMILES string of the molecule is CC(CO)CC[C@@H](O)[C@](C)(O)[C@H]1CC[C@@]2(O)C3=CC(=O)[C@@H]4C[C@@H](O)[C@@H](O)C[C@]4(C)C3CC[C@]12C. The predicted molar refractivity (Wildman–Crippen MR) is 127 cm³/mol. The molecule has 0 aromatic rings. The molecule has 11 atom stereocenters. The van der Waals surface area contributed by atoms with E-state index in [1.165, 1.54) is 0 Å². The van der Waals surface area contributed by atoms with Gasteiger partial charge in [-0.3, -0.25) is 4.79 Å². The summed E-state index contributed by atoms with van der Waals surface area (Å²) in [6, 6.07) is 0. The van der Waals surface area contributed by atoms with Crippen LogP contribution >= 0.6 is 0 Å². The molecule has 0 heterocycles. The first kappa shape index (κ1) is 26.2. The number of carbonyl (C=O) groups excluding carboxylic acids is 1. The van der Waals surface area contributed by atoms with Crippen LogP contribution in [0.15, 0.2) is 11.6 Å². The number of hydrogen-bond acceptors (Lipinski definition) is 7. The largest absolute Gasteiger partial charge is 0.396 e. The van der Waals surface area contributed by atoms with E-state index in [1.54, 1.807) is 13.0 Å². The average Bonchev–Trinajstić information content (AvgIpc) is 3.06. The summed E-state index contributed by atoms with van der Waals surface area (Å²) in [6.07, 6.45) is 2.65. The van der Waals surface area contributed by atoms with E-state index < -0.39 is 40.3 Å². The Balaban J connectivity index is 1.65. The molecule has 3 saturated carbocycles. The quantitative estimate of drug-likeness (QED) is 0.340. The van der Waals surface area contributed by atoms with Crippen LogP contribution in [0.1, 0.15) is 79.1 Å². The van der Waals surface area contributed by atoms with Crippen LogP contribution in [0.3, 0.4) is 0 Å². The normalized spacial score (nSPS) is 47.6. The zero-order valence-corrected chi connectivity index (χ0v) is 21.1. The highest BCUT2D eigenvalue weighted by Gasteiger charge is 2.69. The molecular formula is C27H44O7. The third kappa shape index (κ3) is 3.65. The lowest BCUT2D eigenvalue weighted by Gasteiger charge is -2.60. The van der Waals surface area contributed by atoms with E-state index in [9.17, 15) is 35.4 Å². The second-order valence-corrected chi connectivity index (χ2v) is 12.7. The fourth-order valence-corrected chi connectivity index (χ4v) is 8.37. The van der Waals surface area contributed by atoms with Gasteiger partial charge < -0.3 is 30.6 Å². The van der Waals surface area contributed by atoms with Crippen LogP contribution in [0.25, 0.3) is 0 Å². The monoisotopic (exact) mass is 480 g/mol. The molecule has 0 bridgehead atoms. The predicted octanol–water partition coefficient (Wildman–Crippen LogP) is 1.71. The number of allylic oxidation sites excluding steroid dienone is 1. The van der Waals surface area contributed by atoms with Gasteiger partial charge >= 0.3 is 0 Å². The number of aliphatic hydroxyl groups excluding tert-OH is 4. The lowest BCUT2D eigenvalue weighted by molar-refractivity contribution is -0.176. The van der Waals surface area contributed by atoms with Crippen LogP contribution in [-0.2, 0) is 4.79 Å². The molecule has 0 aliphatic heterocycles. The molecule has 0 spiro atoms. The Morgan fingerprint density at radius 1 is 1.12 bits per heavy atom. The Morgan fingerprint density at radius 2 is 1.79 bits per heavy atom. The van der Waals surface area contributed by atoms with Crippen LogP contribution in [0, 0.1) is 34.5 Å². The van der Waals surface area contributed by atoms with Crippen molar-refractivity contribution in [2.24, 2.45) is 34.5 Å². The highest BCUT2D eigenvalue weighted by molar-refractivity contribution is 5.95. The summed E-state index contributed by atoms with van der Waals surface area (Å²) in [7, 11) is 0. The maximum Gasteiger partial charge on any atom is 0.159 e. The van der Waals surface area contributed by atoms with Gasteiger partial charge in [0.2, 0.25) is 0 Å². The van der Waals surface area contributed by atoms with Gasteiger partial charge in [0, 0.05) is 17.9 Å². The summed E-state index contributed by atoms with van der Waals surface area (Å²) in [5.41, 5.74) is -3.21. The van der Waals surface area contributed by atoms with Crippen molar-refractivity contribution in [3.8, 4) is 0 Å². The van der Waals surface area contributed by atoms with Gasteiger partial charge in [0.05, 0.1) is 29.5 Å². The molecule has 4 rings (SSSR count). The van der Waals surface area contributed by atoms with Crippen molar-refractivity contribution < 1.29 is 35.4 Å². The standard InChI is InChI=1S/C27H44O7/c1-15(14-28)5-6-23(32)26(4,33)22-8-10-27(34)17-11-19(29)18-12-20(30)21(31)13-24(18,2)16(17)7-9-25(22,27)3/h11,15-16,18,20-23,28,30-34H,5-10,12-14H2,1-4H3/t15?,16?,18-,20+,21-,22-,23+,24+,25+,26+,27+/m0/s1. The van der Waals surface area contributed by atoms with Crippen molar-refractivity contribution in [3.05, 3.63) is 11.6 Å². The number of ketones is 1. The van der Waals surface area contributed by atoms with Crippen LogP contribution in [0.5, 0.6) is 0 Å². The maximum absolute atomic E-state index is 13.3. The molecule has 6 N–H and O–H groups in total. The van der Waals surface area contributed by atoms with E-state index in [1.807, 2.05) is 20.8 Å². The average molecular weight is 481 g/mol. The molecule has 34 heavy (non-hydrogen) atoms. The highest BCUT2D eigenvalue weighted by atomic mass is 16.3. The van der Waals surface area contributed by atoms with E-state index in [-0.39, 0.29) is 42.5 Å². The van der Waals surface area contributed by atoms with E-state index >= 15 is 0 Å². The number of hydrogen-bond donors (Lipinski definition) is 6. The molecule has 0 aromatic carbocycles. The Labute approximate surface area is 202 Å². The second-order valence-electron chi connectivity index (χ2n) is 12.7. The van der Waals surface area contributed by atoms with Crippen LogP contribution < -0.4 is 0 Å². The Kier molecular flexibility index (Phi) is 6.66. The molecule has 0 aromatic heterocycles. The van der Waals surface area contributed by atoms with Gasteiger partial charge in [-0.25, -0.2) is 0 Å². The molecule has 2 unspecified atom stereocenters. The van der Waals surface area contributed by atoms with Gasteiger partial charge in [0.1, 0.15) is 0 Å². The van der Waals surface area contributed by atoms with E-state index in [0.29, 0.717) is 38.5 Å². The molecular weight excluding hydrogens is 436 g/mol. The lowest BCUT2D eigenvalue weighted by Crippen LogP contribution is -2.62. The van der Waals surface area contributed by atoms with Gasteiger partial charge in [0.25, 0.3) is 0 Å². The fraction of sp³-hybridized carbons (Fsp3) is 0.889. The zero-order chi connectivity index (χ0) is 25.3. The van der Waals surface area contributed by atoms with Crippen molar-refractivity contribution in [1.29, 1.82) is 0 Å². The van der Waals surface area contributed by atoms with Gasteiger partial charge in [-0.2, -0.15) is 0 Å². The minimum atomic E-state index is -1.42. The molecule has 4 aliphatic rings. The molecule has 4 aliphatic carbocycles. The number of carbonyl (C=O) groups is 1. The Morgan fingerprint density at radius 3 is 2.44 bits per heavy atom. The second kappa shape index (κ2) is 8.63. The van der Waals surface area contributed by atoms with Crippen molar-refractivity contribution in [2.75, 3.05) is 6.61 Å². The Hall–Kier alpha value is -0.830. The molecule has 7 nitrogen and oxygen atoms in total. The fourth-order valence-electron chi connectivity index (χ4n) is 8.37. The first-order valence-electron chi connectivity index (χ1n) is 13.1. The van der Waals surface area contributed by atoms with Crippen LogP contribution in [0.2, 0.25) is 0 Å². The number of fused-ring (bicyclic) bond motifs is 5. The van der Waals surface area contributed by atoms with Gasteiger partial charge in [-0.15, -0.1) is 0 Å². The summed E-state index contributed by atoms with van der Waals surface area (Å²) in [5.74, 6) is -0.859. The molecule has 0 amide bonds. The molecule has 0 saturated heterocycles. The van der Waals surface area contributed by atoms with Crippen molar-refractivity contribution >= 4 is 5.78 Å². The van der Waals surface area contributed by atoms with Gasteiger partial charge in [0.15, 0.2) is 5.78 Å². The zero-order valence-electron chi connectivity index (χ0n) is 21.1. The van der Waals surface area contributed by atoms with Crippen LogP contribution in [-0.4, -0.2) is 72.5 Å². The smallest absolute Gasteiger partial charge is 0.159 e. The molecule has 0 radical (unpaired) electrons. The maximum atomic E-state index is 13.3. The third-order valence-corrected chi connectivity index (χ3v) is 10.7. The summed E-state index contributed by atoms with van der Waals surface area (Å²) in [4.78, 5) is 13.3. The lowest BCUT2D eigenvalue weighted by atomic mass is 9.45. The minimum Gasteiger partial charge on any atom is -0.396 e. The first-order valence-corrected chi connectivity index (χ1v) is 13.1. The van der Waals surface area contributed by atoms with Crippen molar-refractivity contribution in [2.45, 2.75) is 109 Å².